The van der Waals surface area contributed by atoms with Crippen LogP contribution < -0.4 is 10.6 Å². The van der Waals surface area contributed by atoms with E-state index in [9.17, 15) is 13.2 Å². The summed E-state index contributed by atoms with van der Waals surface area (Å²) in [5, 5.41) is 5.49. The van der Waals surface area contributed by atoms with Gasteiger partial charge in [0.25, 0.3) is 0 Å². The number of sulfone groups is 1. The molecule has 7 nitrogen and oxygen atoms in total. The standard InChI is InChI=1S/C16H22N4O3S/c1-24(22,23)12-15(14-6-3-2-4-7-14)19-16(21)18-8-5-10-20-11-9-17-13-20/h2-4,6-7,9,11,13,15H,5,8,10,12H2,1H3,(H2,18,19,21)/t15-/m1/s1. The number of urea groups is 1. The van der Waals surface area contributed by atoms with Gasteiger partial charge in [-0.25, -0.2) is 18.2 Å². The number of imidazole rings is 1. The van der Waals surface area contributed by atoms with E-state index < -0.39 is 15.9 Å². The van der Waals surface area contributed by atoms with Gasteiger partial charge in [0.1, 0.15) is 9.84 Å². The summed E-state index contributed by atoms with van der Waals surface area (Å²) in [7, 11) is -3.22. The van der Waals surface area contributed by atoms with Crippen molar-refractivity contribution in [1.82, 2.24) is 20.2 Å². The van der Waals surface area contributed by atoms with Crippen molar-refractivity contribution in [3.05, 3.63) is 54.6 Å². The summed E-state index contributed by atoms with van der Waals surface area (Å²) in [5.41, 5.74) is 0.761. The van der Waals surface area contributed by atoms with Crippen molar-refractivity contribution in [3.8, 4) is 0 Å². The molecule has 2 rings (SSSR count). The number of hydrogen-bond donors (Lipinski definition) is 2. The molecule has 0 radical (unpaired) electrons. The SMILES string of the molecule is CS(=O)(=O)C[C@@H](NC(=O)NCCCn1ccnc1)c1ccccc1. The Kier molecular flexibility index (Phi) is 6.36. The van der Waals surface area contributed by atoms with Crippen LogP contribution in [0.3, 0.4) is 0 Å². The van der Waals surface area contributed by atoms with Crippen LogP contribution in [0.2, 0.25) is 0 Å². The van der Waals surface area contributed by atoms with Crippen LogP contribution >= 0.6 is 0 Å². The summed E-state index contributed by atoms with van der Waals surface area (Å²) in [6.07, 6.45) is 7.20. The first-order valence-corrected chi connectivity index (χ1v) is 9.73. The van der Waals surface area contributed by atoms with Crippen LogP contribution in [-0.2, 0) is 16.4 Å². The third-order valence-electron chi connectivity index (χ3n) is 3.41. The Morgan fingerprint density at radius 3 is 2.67 bits per heavy atom. The minimum atomic E-state index is -3.22. The molecule has 1 aromatic carbocycles. The van der Waals surface area contributed by atoms with Gasteiger partial charge in [0.05, 0.1) is 18.1 Å². The van der Waals surface area contributed by atoms with Crippen molar-refractivity contribution in [1.29, 1.82) is 0 Å². The zero-order valence-corrected chi connectivity index (χ0v) is 14.4. The lowest BCUT2D eigenvalue weighted by Gasteiger charge is -2.19. The van der Waals surface area contributed by atoms with Crippen LogP contribution in [0.1, 0.15) is 18.0 Å². The lowest BCUT2D eigenvalue weighted by Crippen LogP contribution is -2.40. The number of nitrogens with one attached hydrogen (secondary N) is 2. The molecule has 8 heteroatoms. The Morgan fingerprint density at radius 2 is 2.04 bits per heavy atom. The number of hydrogen-bond acceptors (Lipinski definition) is 4. The molecule has 0 unspecified atom stereocenters. The molecule has 0 spiro atoms. The van der Waals surface area contributed by atoms with E-state index in [0.29, 0.717) is 6.54 Å². The summed E-state index contributed by atoms with van der Waals surface area (Å²) in [6.45, 7) is 1.25. The molecule has 2 amide bonds. The molecule has 0 aliphatic rings. The molecule has 130 valence electrons. The maximum Gasteiger partial charge on any atom is 0.315 e. The highest BCUT2D eigenvalue weighted by Gasteiger charge is 2.19. The molecule has 2 aromatic rings. The van der Waals surface area contributed by atoms with Gasteiger partial charge in [-0.05, 0) is 12.0 Å². The monoisotopic (exact) mass is 350 g/mol. The topological polar surface area (TPSA) is 93.1 Å². The fourth-order valence-electron chi connectivity index (χ4n) is 2.30. The van der Waals surface area contributed by atoms with Crippen LogP contribution in [0, 0.1) is 0 Å². The number of carbonyl (C=O) groups excluding carboxylic acids is 1. The Balaban J connectivity index is 1.85. The van der Waals surface area contributed by atoms with Crippen LogP contribution in [-0.4, -0.2) is 42.6 Å². The number of aromatic nitrogens is 2. The number of aryl methyl sites for hydroxylation is 1. The zero-order valence-electron chi connectivity index (χ0n) is 13.6. The number of nitrogens with zero attached hydrogens (tertiary/aromatic N) is 2. The van der Waals surface area contributed by atoms with Gasteiger partial charge in [0.2, 0.25) is 0 Å². The van der Waals surface area contributed by atoms with Gasteiger partial charge in [-0.2, -0.15) is 0 Å². The van der Waals surface area contributed by atoms with Crippen molar-refractivity contribution < 1.29 is 13.2 Å². The molecule has 0 fully saturated rings. The van der Waals surface area contributed by atoms with E-state index in [0.717, 1.165) is 24.8 Å². The summed E-state index contributed by atoms with van der Waals surface area (Å²) >= 11 is 0. The van der Waals surface area contributed by atoms with Crippen molar-refractivity contribution in [3.63, 3.8) is 0 Å². The van der Waals surface area contributed by atoms with Crippen LogP contribution in [0.25, 0.3) is 0 Å². The fraction of sp³-hybridized carbons (Fsp3) is 0.375. The van der Waals surface area contributed by atoms with Crippen LogP contribution in [0.5, 0.6) is 0 Å². The zero-order chi connectivity index (χ0) is 17.4. The van der Waals surface area contributed by atoms with Gasteiger partial charge >= 0.3 is 6.03 Å². The first-order valence-electron chi connectivity index (χ1n) is 7.67. The average Bonchev–Trinajstić information content (AvgIpc) is 3.04. The predicted octanol–water partition coefficient (Wildman–Crippen LogP) is 1.36. The van der Waals surface area contributed by atoms with Gasteiger partial charge in [-0.3, -0.25) is 0 Å². The smallest absolute Gasteiger partial charge is 0.315 e. The molecular formula is C16H22N4O3S. The third kappa shape index (κ3) is 6.41. The Morgan fingerprint density at radius 1 is 1.29 bits per heavy atom. The third-order valence-corrected chi connectivity index (χ3v) is 4.35. The molecule has 24 heavy (non-hydrogen) atoms. The summed E-state index contributed by atoms with van der Waals surface area (Å²) in [6, 6.07) is 8.12. The lowest BCUT2D eigenvalue weighted by molar-refractivity contribution is 0.237. The first-order chi connectivity index (χ1) is 11.4. The summed E-state index contributed by atoms with van der Waals surface area (Å²) in [5.74, 6) is -0.139. The van der Waals surface area contributed by atoms with Gasteiger partial charge < -0.3 is 15.2 Å². The van der Waals surface area contributed by atoms with Gasteiger partial charge in [-0.15, -0.1) is 0 Å². The van der Waals surface area contributed by atoms with E-state index in [1.54, 1.807) is 24.7 Å². The second-order valence-corrected chi connectivity index (χ2v) is 7.79. The van der Waals surface area contributed by atoms with Crippen molar-refractivity contribution >= 4 is 15.9 Å². The Bertz CT molecular complexity index is 730. The minimum Gasteiger partial charge on any atom is -0.338 e. The number of benzene rings is 1. The molecule has 1 heterocycles. The second kappa shape index (κ2) is 8.49. The molecule has 1 aromatic heterocycles. The van der Waals surface area contributed by atoms with Gasteiger partial charge in [-0.1, -0.05) is 30.3 Å². The molecule has 1 atom stereocenters. The van der Waals surface area contributed by atoms with E-state index in [1.807, 2.05) is 29.0 Å². The van der Waals surface area contributed by atoms with E-state index in [4.69, 9.17) is 0 Å². The first kappa shape index (κ1) is 18.0. The Labute approximate surface area is 142 Å². The minimum absolute atomic E-state index is 0.139. The van der Waals surface area contributed by atoms with E-state index in [-0.39, 0.29) is 11.8 Å². The summed E-state index contributed by atoms with van der Waals surface area (Å²) < 4.78 is 25.1. The molecule has 0 bridgehead atoms. The molecular weight excluding hydrogens is 328 g/mol. The summed E-state index contributed by atoms with van der Waals surface area (Å²) in [4.78, 5) is 16.0. The lowest BCUT2D eigenvalue weighted by atomic mass is 10.1. The number of rotatable bonds is 8. The highest BCUT2D eigenvalue weighted by Crippen LogP contribution is 2.14. The second-order valence-electron chi connectivity index (χ2n) is 5.61. The van der Waals surface area contributed by atoms with Crippen LogP contribution in [0.15, 0.2) is 49.1 Å². The predicted molar refractivity (Wildman–Crippen MR) is 92.3 cm³/mol. The number of amides is 2. The van der Waals surface area contributed by atoms with Crippen molar-refractivity contribution in [2.24, 2.45) is 0 Å². The molecule has 0 saturated carbocycles. The molecule has 2 N–H and O–H groups in total. The van der Waals surface area contributed by atoms with Gasteiger partial charge in [0, 0.05) is 31.7 Å². The van der Waals surface area contributed by atoms with Gasteiger partial charge in [0.15, 0.2) is 0 Å². The average molecular weight is 350 g/mol. The normalized spacial score (nSPS) is 12.5. The molecule has 0 aliphatic heterocycles. The highest BCUT2D eigenvalue weighted by atomic mass is 32.2. The highest BCUT2D eigenvalue weighted by molar-refractivity contribution is 7.90. The fourth-order valence-corrected chi connectivity index (χ4v) is 3.18. The molecule has 0 saturated heterocycles. The molecule has 0 aliphatic carbocycles. The van der Waals surface area contributed by atoms with Crippen molar-refractivity contribution in [2.45, 2.75) is 19.0 Å². The van der Waals surface area contributed by atoms with E-state index in [1.165, 1.54) is 0 Å². The van der Waals surface area contributed by atoms with E-state index in [2.05, 4.69) is 15.6 Å². The van der Waals surface area contributed by atoms with Crippen molar-refractivity contribution in [2.75, 3.05) is 18.6 Å². The maximum atomic E-state index is 12.0. The maximum absolute atomic E-state index is 12.0. The largest absolute Gasteiger partial charge is 0.338 e. The Hall–Kier alpha value is -2.35. The quantitative estimate of drug-likeness (QED) is 0.703. The number of carbonyl (C=O) groups is 1. The van der Waals surface area contributed by atoms with E-state index >= 15 is 0 Å². The van der Waals surface area contributed by atoms with Crippen LogP contribution in [0.4, 0.5) is 4.79 Å².